The summed E-state index contributed by atoms with van der Waals surface area (Å²) in [4.78, 5) is 16.4. The van der Waals surface area contributed by atoms with E-state index in [0.717, 1.165) is 32.2 Å². The van der Waals surface area contributed by atoms with E-state index in [1.54, 1.807) is 0 Å². The predicted octanol–water partition coefficient (Wildman–Crippen LogP) is 0.506. The zero-order valence-corrected chi connectivity index (χ0v) is 12.9. The predicted molar refractivity (Wildman–Crippen MR) is 77.1 cm³/mol. The van der Waals surface area contributed by atoms with Gasteiger partial charge in [-0.15, -0.1) is 0 Å². The average molecular weight is 300 g/mol. The zero-order chi connectivity index (χ0) is 14.3. The van der Waals surface area contributed by atoms with E-state index >= 15 is 0 Å². The van der Waals surface area contributed by atoms with E-state index in [-0.39, 0.29) is 28.9 Å². The molecule has 5 nitrogen and oxygen atoms in total. The zero-order valence-electron chi connectivity index (χ0n) is 12.1. The molecule has 0 aromatic heterocycles. The van der Waals surface area contributed by atoms with Crippen LogP contribution in [0.1, 0.15) is 32.1 Å². The molecular weight excluding hydrogens is 276 g/mol. The molecule has 3 fully saturated rings. The Kier molecular flexibility index (Phi) is 3.79. The Labute approximate surface area is 121 Å². The molecule has 0 bridgehead atoms. The number of rotatable bonds is 1. The molecule has 2 atom stereocenters. The van der Waals surface area contributed by atoms with Crippen molar-refractivity contribution in [1.82, 2.24) is 9.80 Å². The van der Waals surface area contributed by atoms with Crippen LogP contribution in [0.2, 0.25) is 0 Å². The number of fused-ring (bicyclic) bond motifs is 1. The summed E-state index contributed by atoms with van der Waals surface area (Å²) in [5.41, 5.74) is 0. The van der Waals surface area contributed by atoms with Crippen molar-refractivity contribution in [3.8, 4) is 0 Å². The van der Waals surface area contributed by atoms with Crippen LogP contribution in [0.3, 0.4) is 0 Å². The molecule has 114 valence electrons. The highest BCUT2D eigenvalue weighted by molar-refractivity contribution is 7.92. The lowest BCUT2D eigenvalue weighted by Crippen LogP contribution is -2.52. The number of likely N-dealkylation sites (tertiary alicyclic amines) is 1. The molecule has 0 radical (unpaired) electrons. The van der Waals surface area contributed by atoms with Crippen LogP contribution in [0.15, 0.2) is 0 Å². The van der Waals surface area contributed by atoms with Crippen molar-refractivity contribution in [2.24, 2.45) is 5.92 Å². The Bertz CT molecular complexity index is 487. The Morgan fingerprint density at radius 2 is 1.75 bits per heavy atom. The van der Waals surface area contributed by atoms with Gasteiger partial charge >= 0.3 is 0 Å². The fraction of sp³-hybridized carbons (Fsp3) is 0.929. The van der Waals surface area contributed by atoms with Crippen LogP contribution in [-0.2, 0) is 14.6 Å². The van der Waals surface area contributed by atoms with E-state index in [2.05, 4.69) is 4.90 Å². The molecular formula is C14H24N2O3S. The van der Waals surface area contributed by atoms with Crippen molar-refractivity contribution in [3.63, 3.8) is 0 Å². The summed E-state index contributed by atoms with van der Waals surface area (Å²) in [5.74, 6) is 0.737. The molecule has 1 aliphatic carbocycles. The lowest BCUT2D eigenvalue weighted by atomic mass is 9.84. The summed E-state index contributed by atoms with van der Waals surface area (Å²) in [5, 5.41) is -0.277. The van der Waals surface area contributed by atoms with Crippen LogP contribution in [-0.4, -0.2) is 67.9 Å². The van der Waals surface area contributed by atoms with Gasteiger partial charge in [-0.25, -0.2) is 8.42 Å². The molecule has 0 N–H and O–H groups in total. The summed E-state index contributed by atoms with van der Waals surface area (Å²) in [6, 6.07) is 0.0907. The summed E-state index contributed by atoms with van der Waals surface area (Å²) in [7, 11) is -0.971. The maximum atomic E-state index is 12.3. The first kappa shape index (κ1) is 14.3. The quantitative estimate of drug-likeness (QED) is 0.708. The van der Waals surface area contributed by atoms with Gasteiger partial charge < -0.3 is 9.80 Å². The van der Waals surface area contributed by atoms with Gasteiger partial charge in [-0.3, -0.25) is 4.79 Å². The van der Waals surface area contributed by atoms with Gasteiger partial charge in [0.15, 0.2) is 9.84 Å². The van der Waals surface area contributed by atoms with E-state index in [1.165, 1.54) is 0 Å². The van der Waals surface area contributed by atoms with Crippen molar-refractivity contribution in [3.05, 3.63) is 0 Å². The van der Waals surface area contributed by atoms with Gasteiger partial charge in [0, 0.05) is 31.6 Å². The lowest BCUT2D eigenvalue weighted by Gasteiger charge is -2.37. The number of amides is 1. The smallest absolute Gasteiger partial charge is 0.225 e. The Hall–Kier alpha value is -0.620. The van der Waals surface area contributed by atoms with Crippen LogP contribution < -0.4 is 0 Å². The second-order valence-electron chi connectivity index (χ2n) is 6.48. The maximum absolute atomic E-state index is 12.3. The summed E-state index contributed by atoms with van der Waals surface area (Å²) in [6.07, 6.45) is 4.59. The Balaban J connectivity index is 1.73. The molecule has 1 amide bonds. The highest BCUT2D eigenvalue weighted by Crippen LogP contribution is 2.31. The maximum Gasteiger partial charge on any atom is 0.225 e. The average Bonchev–Trinajstić information content (AvgIpc) is 2.56. The number of nitrogens with zero attached hydrogens (tertiary/aromatic N) is 2. The molecule has 2 heterocycles. The number of hydrogen-bond acceptors (Lipinski definition) is 4. The highest BCUT2D eigenvalue weighted by atomic mass is 32.2. The lowest BCUT2D eigenvalue weighted by molar-refractivity contribution is -0.138. The van der Waals surface area contributed by atoms with Crippen molar-refractivity contribution in [2.45, 2.75) is 43.4 Å². The third-order valence-electron chi connectivity index (χ3n) is 5.33. The molecule has 0 aromatic rings. The van der Waals surface area contributed by atoms with Gasteiger partial charge in [0.05, 0.1) is 11.0 Å². The van der Waals surface area contributed by atoms with Gasteiger partial charge in [-0.2, -0.15) is 0 Å². The minimum absolute atomic E-state index is 0.0907. The van der Waals surface area contributed by atoms with E-state index in [9.17, 15) is 13.2 Å². The van der Waals surface area contributed by atoms with E-state index in [1.807, 2.05) is 11.9 Å². The Morgan fingerprint density at radius 1 is 1.05 bits per heavy atom. The van der Waals surface area contributed by atoms with E-state index in [0.29, 0.717) is 19.5 Å². The fourth-order valence-electron chi connectivity index (χ4n) is 3.71. The summed E-state index contributed by atoms with van der Waals surface area (Å²) in [6.45, 7) is 1.96. The van der Waals surface area contributed by atoms with Crippen LogP contribution in [0, 0.1) is 5.92 Å². The van der Waals surface area contributed by atoms with Gasteiger partial charge in [0.1, 0.15) is 0 Å². The minimum Gasteiger partial charge on any atom is -0.342 e. The molecule has 20 heavy (non-hydrogen) atoms. The molecule has 0 unspecified atom stereocenters. The molecule has 2 aliphatic heterocycles. The third kappa shape index (κ3) is 2.48. The number of hydrogen-bond donors (Lipinski definition) is 0. The minimum atomic E-state index is -2.98. The van der Waals surface area contributed by atoms with Crippen LogP contribution in [0.25, 0.3) is 0 Å². The van der Waals surface area contributed by atoms with Gasteiger partial charge in [0.25, 0.3) is 0 Å². The van der Waals surface area contributed by atoms with Crippen LogP contribution in [0.5, 0.6) is 0 Å². The van der Waals surface area contributed by atoms with E-state index in [4.69, 9.17) is 0 Å². The first-order chi connectivity index (χ1) is 9.49. The van der Waals surface area contributed by atoms with E-state index < -0.39 is 9.84 Å². The van der Waals surface area contributed by atoms with Crippen LogP contribution in [0.4, 0.5) is 0 Å². The topological polar surface area (TPSA) is 57.7 Å². The Morgan fingerprint density at radius 3 is 2.40 bits per heavy atom. The largest absolute Gasteiger partial charge is 0.342 e. The molecule has 6 heteroatoms. The standard InChI is InChI=1S/C14H24N2O3S/c1-15-9-10-20(18,19)13-6-8-16(7-5-12(13)15)14(17)11-3-2-4-11/h11-13H,2-10H2,1H3/t12-,13+/m0/s1. The SMILES string of the molecule is CN1CCS(=O)(=O)[C@@H]2CCN(C(=O)C3CCC3)CC[C@@H]21. The van der Waals surface area contributed by atoms with Crippen molar-refractivity contribution in [1.29, 1.82) is 0 Å². The van der Waals surface area contributed by atoms with Crippen molar-refractivity contribution in [2.75, 3.05) is 32.4 Å². The molecule has 2 saturated heterocycles. The molecule has 0 spiro atoms. The molecule has 3 rings (SSSR count). The molecule has 3 aliphatic rings. The number of carbonyl (C=O) groups excluding carboxylic acids is 1. The monoisotopic (exact) mass is 300 g/mol. The van der Waals surface area contributed by atoms with Gasteiger partial charge in [0.2, 0.25) is 5.91 Å². The third-order valence-corrected chi connectivity index (χ3v) is 7.55. The first-order valence-corrected chi connectivity index (χ1v) is 9.41. The fourth-order valence-corrected chi connectivity index (χ4v) is 5.84. The number of sulfone groups is 1. The second kappa shape index (κ2) is 5.30. The van der Waals surface area contributed by atoms with Gasteiger partial charge in [-0.05, 0) is 32.7 Å². The highest BCUT2D eigenvalue weighted by Gasteiger charge is 2.42. The van der Waals surface area contributed by atoms with Crippen molar-refractivity contribution >= 4 is 15.7 Å². The normalized spacial score (nSPS) is 35.0. The summed E-state index contributed by atoms with van der Waals surface area (Å²) < 4.78 is 24.5. The van der Waals surface area contributed by atoms with Crippen LogP contribution >= 0.6 is 0 Å². The van der Waals surface area contributed by atoms with Crippen molar-refractivity contribution < 1.29 is 13.2 Å². The van der Waals surface area contributed by atoms with Gasteiger partial charge in [-0.1, -0.05) is 6.42 Å². The molecule has 0 aromatic carbocycles. The molecule has 1 saturated carbocycles. The second-order valence-corrected chi connectivity index (χ2v) is 8.82. The first-order valence-electron chi connectivity index (χ1n) is 7.69. The number of carbonyl (C=O) groups is 1. The summed E-state index contributed by atoms with van der Waals surface area (Å²) >= 11 is 0.